The maximum Gasteiger partial charge on any atom is 0.253 e. The Morgan fingerprint density at radius 2 is 1.64 bits per heavy atom. The van der Waals surface area contributed by atoms with Gasteiger partial charge >= 0.3 is 0 Å². The van der Waals surface area contributed by atoms with Crippen LogP contribution in [0.25, 0.3) is 16.6 Å². The second kappa shape index (κ2) is 9.59. The molecule has 2 aromatic heterocycles. The van der Waals surface area contributed by atoms with Crippen LogP contribution in [0.4, 0.5) is 5.95 Å². The van der Waals surface area contributed by atoms with Crippen molar-refractivity contribution in [1.29, 1.82) is 0 Å². The molecule has 0 bridgehead atoms. The number of hydrogen-bond acceptors (Lipinski definition) is 5. The predicted octanol–water partition coefficient (Wildman–Crippen LogP) is 4.87. The van der Waals surface area contributed by atoms with Crippen molar-refractivity contribution >= 4 is 40.0 Å². The molecule has 3 aromatic carbocycles. The molecule has 7 nitrogen and oxygen atoms in total. The van der Waals surface area contributed by atoms with Crippen LogP contribution < -0.4 is 4.90 Å². The van der Waals surface area contributed by atoms with Gasteiger partial charge in [0.25, 0.3) is 5.91 Å². The largest absolute Gasteiger partial charge is 0.340 e. The molecule has 1 saturated heterocycles. The number of nitrogens with zero attached hydrogens (tertiary/aromatic N) is 6. The first kappa shape index (κ1) is 22.5. The number of halogens is 1. The monoisotopic (exact) mass is 496 g/mol. The summed E-state index contributed by atoms with van der Waals surface area (Å²) < 4.78 is 2.07. The van der Waals surface area contributed by atoms with Crippen LogP contribution in [0.5, 0.6) is 0 Å². The molecule has 0 atom stereocenters. The fraction of sp³-hybridized carbons (Fsp3) is 0.214. The molecule has 36 heavy (non-hydrogen) atoms. The molecule has 1 aliphatic heterocycles. The van der Waals surface area contributed by atoms with E-state index in [9.17, 15) is 4.79 Å². The van der Waals surface area contributed by atoms with Gasteiger partial charge in [-0.1, -0.05) is 60.1 Å². The predicted molar refractivity (Wildman–Crippen MR) is 142 cm³/mol. The Bertz CT molecular complexity index is 1540. The minimum absolute atomic E-state index is 0.0647. The zero-order chi connectivity index (χ0) is 24.5. The average molecular weight is 497 g/mol. The van der Waals surface area contributed by atoms with Crippen LogP contribution in [0.3, 0.4) is 0 Å². The van der Waals surface area contributed by atoms with Gasteiger partial charge < -0.3 is 9.80 Å². The molecule has 180 valence electrons. The van der Waals surface area contributed by atoms with Crippen LogP contribution in [0.2, 0.25) is 5.02 Å². The molecule has 3 heterocycles. The molecule has 6 rings (SSSR count). The Kier molecular flexibility index (Phi) is 5.99. The minimum Gasteiger partial charge on any atom is -0.340 e. The second-order valence-electron chi connectivity index (χ2n) is 9.01. The summed E-state index contributed by atoms with van der Waals surface area (Å²) in [7, 11) is 0. The number of amides is 1. The van der Waals surface area contributed by atoms with E-state index in [1.54, 1.807) is 0 Å². The van der Waals surface area contributed by atoms with Crippen molar-refractivity contribution in [3.63, 3.8) is 0 Å². The summed E-state index contributed by atoms with van der Waals surface area (Å²) in [6, 6.07) is 25.4. The highest BCUT2D eigenvalue weighted by atomic mass is 35.5. The molecule has 1 amide bonds. The van der Waals surface area contributed by atoms with Crippen LogP contribution in [-0.2, 0) is 6.42 Å². The number of rotatable bonds is 4. The smallest absolute Gasteiger partial charge is 0.253 e. The van der Waals surface area contributed by atoms with E-state index in [1.165, 1.54) is 0 Å². The summed E-state index contributed by atoms with van der Waals surface area (Å²) in [6.07, 6.45) is 1.48. The van der Waals surface area contributed by atoms with E-state index in [0.717, 1.165) is 52.4 Å². The van der Waals surface area contributed by atoms with Gasteiger partial charge in [-0.05, 0) is 42.3 Å². The normalized spacial score (nSPS) is 14.4. The lowest BCUT2D eigenvalue weighted by molar-refractivity contribution is 0.0767. The van der Waals surface area contributed by atoms with Crippen molar-refractivity contribution in [2.24, 2.45) is 0 Å². The van der Waals surface area contributed by atoms with Gasteiger partial charge in [0, 0.05) is 48.6 Å². The third-order valence-corrected chi connectivity index (χ3v) is 6.88. The zero-order valence-corrected chi connectivity index (χ0v) is 20.5. The highest BCUT2D eigenvalue weighted by Gasteiger charge is 2.24. The maximum absolute atomic E-state index is 13.1. The summed E-state index contributed by atoms with van der Waals surface area (Å²) in [5.41, 5.74) is 3.42. The van der Waals surface area contributed by atoms with Gasteiger partial charge in [-0.25, -0.2) is 9.38 Å². The van der Waals surface area contributed by atoms with Crippen molar-refractivity contribution < 1.29 is 4.79 Å². The Morgan fingerprint density at radius 1 is 0.861 bits per heavy atom. The third kappa shape index (κ3) is 4.27. The Balaban J connectivity index is 1.39. The van der Waals surface area contributed by atoms with Crippen molar-refractivity contribution in [1.82, 2.24) is 24.5 Å². The summed E-state index contributed by atoms with van der Waals surface area (Å²) in [5, 5.41) is 10.7. The van der Waals surface area contributed by atoms with Crippen LogP contribution >= 0.6 is 11.6 Å². The number of hydrogen-bond donors (Lipinski definition) is 0. The van der Waals surface area contributed by atoms with E-state index in [-0.39, 0.29) is 5.91 Å². The van der Waals surface area contributed by atoms with Gasteiger partial charge in [-0.2, -0.15) is 0 Å². The van der Waals surface area contributed by atoms with Crippen molar-refractivity contribution in [2.75, 3.05) is 31.1 Å². The van der Waals surface area contributed by atoms with E-state index in [1.807, 2.05) is 71.6 Å². The molecule has 1 aliphatic rings. The second-order valence-corrected chi connectivity index (χ2v) is 9.45. The van der Waals surface area contributed by atoms with E-state index in [0.29, 0.717) is 31.1 Å². The summed E-state index contributed by atoms with van der Waals surface area (Å²) >= 11 is 6.32. The molecule has 8 heteroatoms. The first-order chi connectivity index (χ1) is 17.7. The zero-order valence-electron chi connectivity index (χ0n) is 19.7. The standard InChI is InChI=1S/C28H25ClN6O/c29-22-12-13-23-24(19-22)30-28(35-25(31-32-26(23)35)18-20-8-3-1-4-9-20)34-15-7-14-33(16-17-34)27(36)21-10-5-2-6-11-21/h1-6,8-13,19H,7,14-18H2. The van der Waals surface area contributed by atoms with Crippen molar-refractivity contribution in [3.8, 4) is 0 Å². The molecule has 0 radical (unpaired) electrons. The Hall–Kier alpha value is -3.97. The van der Waals surface area contributed by atoms with Crippen LogP contribution in [0.15, 0.2) is 78.9 Å². The molecular formula is C28H25ClN6O. The first-order valence-corrected chi connectivity index (χ1v) is 12.5. The highest BCUT2D eigenvalue weighted by molar-refractivity contribution is 6.31. The molecule has 0 spiro atoms. The summed E-state index contributed by atoms with van der Waals surface area (Å²) in [5.74, 6) is 1.68. The molecule has 0 saturated carbocycles. The number of carbonyl (C=O) groups is 1. The van der Waals surface area contributed by atoms with Crippen LogP contribution in [0, 0.1) is 0 Å². The van der Waals surface area contributed by atoms with E-state index in [4.69, 9.17) is 16.6 Å². The fourth-order valence-corrected chi connectivity index (χ4v) is 5.00. The molecular weight excluding hydrogens is 472 g/mol. The molecule has 0 aliphatic carbocycles. The van der Waals surface area contributed by atoms with Gasteiger partial charge in [-0.15, -0.1) is 10.2 Å². The molecule has 1 fully saturated rings. The van der Waals surface area contributed by atoms with E-state index in [2.05, 4.69) is 31.6 Å². The van der Waals surface area contributed by atoms with Crippen LogP contribution in [-0.4, -0.2) is 56.6 Å². The average Bonchev–Trinajstić information content (AvgIpc) is 3.17. The lowest BCUT2D eigenvalue weighted by Gasteiger charge is -2.24. The SMILES string of the molecule is O=C(c1ccccc1)N1CCCN(c2nc3cc(Cl)ccc3c3nnc(Cc4ccccc4)n23)CC1. The molecule has 0 N–H and O–H groups in total. The van der Waals surface area contributed by atoms with Gasteiger partial charge in [0.05, 0.1) is 5.52 Å². The Morgan fingerprint density at radius 3 is 2.44 bits per heavy atom. The molecule has 0 unspecified atom stereocenters. The van der Waals surface area contributed by atoms with Crippen molar-refractivity contribution in [2.45, 2.75) is 12.8 Å². The lowest BCUT2D eigenvalue weighted by atomic mass is 10.1. The maximum atomic E-state index is 13.1. The number of carbonyl (C=O) groups excluding carboxylic acids is 1. The summed E-state index contributed by atoms with van der Waals surface area (Å²) in [4.78, 5) is 22.3. The number of aromatic nitrogens is 4. The van der Waals surface area contributed by atoms with Gasteiger partial charge in [0.15, 0.2) is 5.65 Å². The quantitative estimate of drug-likeness (QED) is 0.355. The third-order valence-electron chi connectivity index (χ3n) is 6.64. The Labute approximate surface area is 214 Å². The topological polar surface area (TPSA) is 66.6 Å². The minimum atomic E-state index is 0.0647. The van der Waals surface area contributed by atoms with Gasteiger partial charge in [-0.3, -0.25) is 4.79 Å². The first-order valence-electron chi connectivity index (χ1n) is 12.1. The highest BCUT2D eigenvalue weighted by Crippen LogP contribution is 2.28. The van der Waals surface area contributed by atoms with E-state index < -0.39 is 0 Å². The van der Waals surface area contributed by atoms with Gasteiger partial charge in [0.2, 0.25) is 5.95 Å². The molecule has 5 aromatic rings. The number of fused-ring (bicyclic) bond motifs is 3. The number of benzene rings is 3. The van der Waals surface area contributed by atoms with Crippen molar-refractivity contribution in [3.05, 3.63) is 101 Å². The summed E-state index contributed by atoms with van der Waals surface area (Å²) in [6.45, 7) is 2.75. The fourth-order valence-electron chi connectivity index (χ4n) is 4.83. The number of anilines is 1. The van der Waals surface area contributed by atoms with E-state index >= 15 is 0 Å². The van der Waals surface area contributed by atoms with Crippen LogP contribution in [0.1, 0.15) is 28.2 Å². The van der Waals surface area contributed by atoms with Gasteiger partial charge in [0.1, 0.15) is 5.82 Å². The lowest BCUT2D eigenvalue weighted by Crippen LogP contribution is -2.36.